The number of benzene rings is 1. The predicted molar refractivity (Wildman–Crippen MR) is 75.7 cm³/mol. The highest BCUT2D eigenvalue weighted by Gasteiger charge is 2.31. The number of nitrogens with zero attached hydrogens (tertiary/aromatic N) is 3. The van der Waals surface area contributed by atoms with Crippen molar-refractivity contribution in [1.82, 2.24) is 9.78 Å². The lowest BCUT2D eigenvalue weighted by atomic mass is 10.1. The zero-order valence-corrected chi connectivity index (χ0v) is 11.0. The fourth-order valence-corrected chi connectivity index (χ4v) is 2.81. The number of aliphatic hydroxyl groups is 1. The first kappa shape index (κ1) is 12.7. The van der Waals surface area contributed by atoms with Gasteiger partial charge >= 0.3 is 0 Å². The normalized spacial score (nSPS) is 21.8. The van der Waals surface area contributed by atoms with Gasteiger partial charge in [0.05, 0.1) is 12.1 Å². The van der Waals surface area contributed by atoms with Gasteiger partial charge in [-0.25, -0.2) is 4.68 Å². The van der Waals surface area contributed by atoms with Gasteiger partial charge in [0.15, 0.2) is 0 Å². The maximum atomic E-state index is 10.0. The number of nitriles is 1. The van der Waals surface area contributed by atoms with E-state index in [1.165, 1.54) is 0 Å². The van der Waals surface area contributed by atoms with Crippen LogP contribution in [0.1, 0.15) is 30.9 Å². The van der Waals surface area contributed by atoms with Crippen LogP contribution < -0.4 is 5.73 Å². The van der Waals surface area contributed by atoms with Crippen molar-refractivity contribution in [2.24, 2.45) is 0 Å². The minimum absolute atomic E-state index is 0.125. The summed E-state index contributed by atoms with van der Waals surface area (Å²) in [7, 11) is 0. The molecule has 1 aromatic heterocycles. The van der Waals surface area contributed by atoms with Crippen LogP contribution in [0.15, 0.2) is 30.3 Å². The highest BCUT2D eigenvalue weighted by molar-refractivity contribution is 5.72. The first-order valence-corrected chi connectivity index (χ1v) is 6.74. The molecular formula is C15H16N4O. The SMILES string of the molecule is N#Cc1c(-c2ccccc2)nn(C2CCCC2O)c1N. The van der Waals surface area contributed by atoms with Crippen LogP contribution in [0.25, 0.3) is 11.3 Å². The van der Waals surface area contributed by atoms with E-state index in [1.807, 2.05) is 30.3 Å². The van der Waals surface area contributed by atoms with E-state index < -0.39 is 6.10 Å². The molecule has 5 nitrogen and oxygen atoms in total. The van der Waals surface area contributed by atoms with Crippen molar-refractivity contribution >= 4 is 5.82 Å². The Labute approximate surface area is 117 Å². The Morgan fingerprint density at radius 3 is 2.65 bits per heavy atom. The second-order valence-electron chi connectivity index (χ2n) is 5.10. The summed E-state index contributed by atoms with van der Waals surface area (Å²) < 4.78 is 1.62. The van der Waals surface area contributed by atoms with Gasteiger partial charge in [-0.1, -0.05) is 30.3 Å². The van der Waals surface area contributed by atoms with E-state index in [9.17, 15) is 10.4 Å². The van der Waals surface area contributed by atoms with E-state index in [1.54, 1.807) is 4.68 Å². The average Bonchev–Trinajstić information content (AvgIpc) is 3.03. The zero-order valence-electron chi connectivity index (χ0n) is 11.0. The first-order valence-electron chi connectivity index (χ1n) is 6.74. The smallest absolute Gasteiger partial charge is 0.140 e. The van der Waals surface area contributed by atoms with Gasteiger partial charge in [0.2, 0.25) is 0 Å². The Bertz CT molecular complexity index is 657. The molecule has 0 radical (unpaired) electrons. The molecule has 0 amide bonds. The molecule has 0 spiro atoms. The molecule has 1 aliphatic carbocycles. The van der Waals surface area contributed by atoms with Crippen LogP contribution in [0.3, 0.4) is 0 Å². The molecule has 0 aliphatic heterocycles. The Morgan fingerprint density at radius 1 is 1.30 bits per heavy atom. The summed E-state index contributed by atoms with van der Waals surface area (Å²) in [6, 6.07) is 11.5. The molecule has 3 N–H and O–H groups in total. The number of nitrogen functional groups attached to an aromatic ring is 1. The number of aliphatic hydroxyl groups excluding tert-OH is 1. The monoisotopic (exact) mass is 268 g/mol. The third-order valence-corrected chi connectivity index (χ3v) is 3.86. The quantitative estimate of drug-likeness (QED) is 0.873. The Balaban J connectivity index is 2.11. The van der Waals surface area contributed by atoms with Gasteiger partial charge in [-0.3, -0.25) is 0 Å². The fraction of sp³-hybridized carbons (Fsp3) is 0.333. The molecule has 2 unspecified atom stereocenters. The largest absolute Gasteiger partial charge is 0.391 e. The predicted octanol–water partition coefficient (Wildman–Crippen LogP) is 2.09. The zero-order chi connectivity index (χ0) is 14.1. The van der Waals surface area contributed by atoms with Crippen LogP contribution in [0.5, 0.6) is 0 Å². The molecule has 0 saturated heterocycles. The molecule has 3 rings (SSSR count). The van der Waals surface area contributed by atoms with Gasteiger partial charge in [-0.05, 0) is 19.3 Å². The lowest BCUT2D eigenvalue weighted by molar-refractivity contribution is 0.131. The van der Waals surface area contributed by atoms with Gasteiger partial charge in [0.25, 0.3) is 0 Å². The van der Waals surface area contributed by atoms with E-state index in [0.717, 1.165) is 24.8 Å². The molecule has 1 aromatic carbocycles. The lowest BCUT2D eigenvalue weighted by Crippen LogP contribution is -2.21. The summed E-state index contributed by atoms with van der Waals surface area (Å²) in [6.07, 6.45) is 2.11. The highest BCUT2D eigenvalue weighted by atomic mass is 16.3. The number of anilines is 1. The van der Waals surface area contributed by atoms with E-state index >= 15 is 0 Å². The molecule has 2 aromatic rings. The summed E-state index contributed by atoms with van der Waals surface area (Å²) >= 11 is 0. The molecule has 20 heavy (non-hydrogen) atoms. The summed E-state index contributed by atoms with van der Waals surface area (Å²) in [6.45, 7) is 0. The number of aromatic nitrogens is 2. The molecule has 2 atom stereocenters. The van der Waals surface area contributed by atoms with Crippen LogP contribution in [0.4, 0.5) is 5.82 Å². The van der Waals surface area contributed by atoms with Crippen LogP contribution in [-0.2, 0) is 0 Å². The second-order valence-corrected chi connectivity index (χ2v) is 5.10. The van der Waals surface area contributed by atoms with Crippen molar-refractivity contribution in [3.8, 4) is 17.3 Å². The van der Waals surface area contributed by atoms with Crippen molar-refractivity contribution in [2.75, 3.05) is 5.73 Å². The van der Waals surface area contributed by atoms with Crippen molar-refractivity contribution < 1.29 is 5.11 Å². The fourth-order valence-electron chi connectivity index (χ4n) is 2.81. The maximum Gasteiger partial charge on any atom is 0.140 e. The molecular weight excluding hydrogens is 252 g/mol. The topological polar surface area (TPSA) is 87.9 Å². The van der Waals surface area contributed by atoms with Crippen molar-refractivity contribution in [1.29, 1.82) is 5.26 Å². The molecule has 1 aliphatic rings. The minimum atomic E-state index is -0.438. The van der Waals surface area contributed by atoms with Gasteiger partial charge in [-0.15, -0.1) is 0 Å². The maximum absolute atomic E-state index is 10.0. The van der Waals surface area contributed by atoms with Crippen LogP contribution in [0, 0.1) is 11.3 Å². The van der Waals surface area contributed by atoms with E-state index in [4.69, 9.17) is 5.73 Å². The molecule has 1 fully saturated rings. The number of nitrogens with two attached hydrogens (primary N) is 1. The van der Waals surface area contributed by atoms with E-state index in [0.29, 0.717) is 17.1 Å². The standard InChI is InChI=1S/C15H16N4O/c16-9-11-14(10-5-2-1-3-6-10)18-19(15(11)17)12-7-4-8-13(12)20/h1-3,5-6,12-13,20H,4,7-8,17H2. The third kappa shape index (κ3) is 1.95. The number of rotatable bonds is 2. The van der Waals surface area contributed by atoms with Gasteiger partial charge in [-0.2, -0.15) is 10.4 Å². The summed E-state index contributed by atoms with van der Waals surface area (Å²) in [4.78, 5) is 0. The highest BCUT2D eigenvalue weighted by Crippen LogP contribution is 2.35. The van der Waals surface area contributed by atoms with Crippen molar-refractivity contribution in [3.05, 3.63) is 35.9 Å². The Morgan fingerprint density at radius 2 is 2.05 bits per heavy atom. The lowest BCUT2D eigenvalue weighted by Gasteiger charge is -2.16. The van der Waals surface area contributed by atoms with Crippen molar-refractivity contribution in [2.45, 2.75) is 31.4 Å². The molecule has 1 saturated carbocycles. The second kappa shape index (κ2) is 4.99. The number of hydrogen-bond donors (Lipinski definition) is 2. The molecule has 1 heterocycles. The van der Waals surface area contributed by atoms with Crippen molar-refractivity contribution in [3.63, 3.8) is 0 Å². The molecule has 0 bridgehead atoms. The van der Waals surface area contributed by atoms with Crippen LogP contribution >= 0.6 is 0 Å². The summed E-state index contributed by atoms with van der Waals surface area (Å²) in [5.41, 5.74) is 7.90. The minimum Gasteiger partial charge on any atom is -0.391 e. The van der Waals surface area contributed by atoms with Crippen LogP contribution in [-0.4, -0.2) is 21.0 Å². The van der Waals surface area contributed by atoms with E-state index in [2.05, 4.69) is 11.2 Å². The van der Waals surface area contributed by atoms with Gasteiger partial charge in [0.1, 0.15) is 23.1 Å². The number of hydrogen-bond acceptors (Lipinski definition) is 4. The van der Waals surface area contributed by atoms with Gasteiger partial charge < -0.3 is 10.8 Å². The Hall–Kier alpha value is -2.32. The Kier molecular flexibility index (Phi) is 3.17. The molecule has 102 valence electrons. The van der Waals surface area contributed by atoms with E-state index in [-0.39, 0.29) is 6.04 Å². The van der Waals surface area contributed by atoms with Crippen LogP contribution in [0.2, 0.25) is 0 Å². The summed E-state index contributed by atoms with van der Waals surface area (Å²) in [5.74, 6) is 0.345. The molecule has 5 heteroatoms. The first-order chi connectivity index (χ1) is 9.72. The van der Waals surface area contributed by atoms with Gasteiger partial charge in [0, 0.05) is 5.56 Å². The average molecular weight is 268 g/mol. The third-order valence-electron chi connectivity index (χ3n) is 3.86. The summed E-state index contributed by atoms with van der Waals surface area (Å²) in [5, 5.41) is 23.8.